The monoisotopic (exact) mass is 277 g/mol. The molecule has 0 aromatic heterocycles. The SMILES string of the molecule is NC(=O)CNCCCc1ccccc1N1CCOCC1. The van der Waals surface area contributed by atoms with Crippen LogP contribution in [0, 0.1) is 0 Å². The summed E-state index contributed by atoms with van der Waals surface area (Å²) in [6, 6.07) is 8.52. The molecule has 1 fully saturated rings. The zero-order valence-corrected chi connectivity index (χ0v) is 11.8. The fourth-order valence-electron chi connectivity index (χ4n) is 2.45. The lowest BCUT2D eigenvalue weighted by Gasteiger charge is -2.30. The zero-order chi connectivity index (χ0) is 14.2. The molecule has 0 saturated carbocycles. The third-order valence-corrected chi connectivity index (χ3v) is 3.44. The van der Waals surface area contributed by atoms with Crippen molar-refractivity contribution in [3.63, 3.8) is 0 Å². The zero-order valence-electron chi connectivity index (χ0n) is 11.8. The van der Waals surface area contributed by atoms with E-state index < -0.39 is 0 Å². The van der Waals surface area contributed by atoms with Crippen molar-refractivity contribution in [2.75, 3.05) is 44.3 Å². The summed E-state index contributed by atoms with van der Waals surface area (Å²) in [7, 11) is 0. The average Bonchev–Trinajstić information content (AvgIpc) is 2.48. The quantitative estimate of drug-likeness (QED) is 0.714. The lowest BCUT2D eigenvalue weighted by atomic mass is 10.1. The van der Waals surface area contributed by atoms with Gasteiger partial charge in [-0.25, -0.2) is 0 Å². The molecule has 0 bridgehead atoms. The van der Waals surface area contributed by atoms with Gasteiger partial charge in [0, 0.05) is 18.8 Å². The molecular formula is C15H23N3O2. The molecule has 1 amide bonds. The van der Waals surface area contributed by atoms with E-state index in [1.54, 1.807) is 0 Å². The van der Waals surface area contributed by atoms with E-state index in [9.17, 15) is 4.79 Å². The molecule has 3 N–H and O–H groups in total. The standard InChI is InChI=1S/C15H23N3O2/c16-15(19)12-17-7-3-5-13-4-1-2-6-14(13)18-8-10-20-11-9-18/h1-2,4,6,17H,3,5,7-12H2,(H2,16,19). The first-order chi connectivity index (χ1) is 9.77. The van der Waals surface area contributed by atoms with Crippen molar-refractivity contribution in [1.29, 1.82) is 0 Å². The maximum Gasteiger partial charge on any atom is 0.231 e. The summed E-state index contributed by atoms with van der Waals surface area (Å²) in [6.45, 7) is 4.57. The van der Waals surface area contributed by atoms with Gasteiger partial charge in [-0.1, -0.05) is 18.2 Å². The summed E-state index contributed by atoms with van der Waals surface area (Å²) in [5, 5.41) is 3.05. The Kier molecular flexibility index (Phi) is 5.83. The van der Waals surface area contributed by atoms with E-state index in [-0.39, 0.29) is 12.5 Å². The van der Waals surface area contributed by atoms with Crippen LogP contribution in [0.25, 0.3) is 0 Å². The summed E-state index contributed by atoms with van der Waals surface area (Å²) in [5.74, 6) is -0.307. The topological polar surface area (TPSA) is 67.6 Å². The first-order valence-electron chi connectivity index (χ1n) is 7.17. The van der Waals surface area contributed by atoms with E-state index in [2.05, 4.69) is 34.5 Å². The van der Waals surface area contributed by atoms with E-state index in [4.69, 9.17) is 10.5 Å². The van der Waals surface area contributed by atoms with Crippen molar-refractivity contribution < 1.29 is 9.53 Å². The minimum atomic E-state index is -0.307. The lowest BCUT2D eigenvalue weighted by Crippen LogP contribution is -2.36. The highest BCUT2D eigenvalue weighted by Crippen LogP contribution is 2.22. The van der Waals surface area contributed by atoms with Gasteiger partial charge >= 0.3 is 0 Å². The number of ether oxygens (including phenoxy) is 1. The third kappa shape index (κ3) is 4.51. The molecule has 1 saturated heterocycles. The Morgan fingerprint density at radius 1 is 1.30 bits per heavy atom. The molecular weight excluding hydrogens is 254 g/mol. The van der Waals surface area contributed by atoms with Gasteiger partial charge in [-0.05, 0) is 31.0 Å². The van der Waals surface area contributed by atoms with Crippen molar-refractivity contribution >= 4 is 11.6 Å². The molecule has 1 aliphatic heterocycles. The van der Waals surface area contributed by atoms with Crippen LogP contribution in [-0.4, -0.2) is 45.3 Å². The first kappa shape index (κ1) is 14.8. The van der Waals surface area contributed by atoms with Gasteiger partial charge in [-0.3, -0.25) is 4.79 Å². The Bertz CT molecular complexity index is 431. The molecule has 0 unspecified atom stereocenters. The maximum absolute atomic E-state index is 10.6. The number of morpholine rings is 1. The van der Waals surface area contributed by atoms with Crippen LogP contribution in [0.15, 0.2) is 24.3 Å². The van der Waals surface area contributed by atoms with Crippen molar-refractivity contribution in [3.8, 4) is 0 Å². The number of para-hydroxylation sites is 1. The molecule has 0 radical (unpaired) electrons. The van der Waals surface area contributed by atoms with Crippen molar-refractivity contribution in [1.82, 2.24) is 5.32 Å². The summed E-state index contributed by atoms with van der Waals surface area (Å²) in [6.07, 6.45) is 1.99. The number of nitrogens with two attached hydrogens (primary N) is 1. The van der Waals surface area contributed by atoms with E-state index in [1.165, 1.54) is 11.3 Å². The van der Waals surface area contributed by atoms with Gasteiger partial charge in [-0.15, -0.1) is 0 Å². The second-order valence-electron chi connectivity index (χ2n) is 4.97. The number of amides is 1. The molecule has 5 heteroatoms. The minimum Gasteiger partial charge on any atom is -0.378 e. The van der Waals surface area contributed by atoms with E-state index in [0.717, 1.165) is 45.7 Å². The van der Waals surface area contributed by atoms with Crippen molar-refractivity contribution in [2.45, 2.75) is 12.8 Å². The molecule has 5 nitrogen and oxygen atoms in total. The fourth-order valence-corrected chi connectivity index (χ4v) is 2.45. The Balaban J connectivity index is 1.85. The highest BCUT2D eigenvalue weighted by molar-refractivity contribution is 5.75. The Hall–Kier alpha value is -1.59. The highest BCUT2D eigenvalue weighted by Gasteiger charge is 2.13. The number of hydrogen-bond acceptors (Lipinski definition) is 4. The Morgan fingerprint density at radius 2 is 2.05 bits per heavy atom. The smallest absolute Gasteiger partial charge is 0.231 e. The molecule has 2 rings (SSSR count). The predicted molar refractivity (Wildman–Crippen MR) is 79.9 cm³/mol. The molecule has 1 aromatic carbocycles. The van der Waals surface area contributed by atoms with Crippen molar-refractivity contribution in [2.24, 2.45) is 5.73 Å². The fraction of sp³-hybridized carbons (Fsp3) is 0.533. The van der Waals surface area contributed by atoms with Gasteiger partial charge in [0.15, 0.2) is 0 Å². The van der Waals surface area contributed by atoms with Crippen LogP contribution < -0.4 is 16.0 Å². The highest BCUT2D eigenvalue weighted by atomic mass is 16.5. The van der Waals surface area contributed by atoms with Gasteiger partial charge in [0.25, 0.3) is 0 Å². The average molecular weight is 277 g/mol. The normalized spacial score (nSPS) is 15.3. The number of nitrogens with one attached hydrogen (secondary N) is 1. The number of rotatable bonds is 7. The number of carbonyl (C=O) groups is 1. The molecule has 20 heavy (non-hydrogen) atoms. The van der Waals surface area contributed by atoms with Gasteiger partial charge in [0.2, 0.25) is 5.91 Å². The van der Waals surface area contributed by atoms with Crippen LogP contribution in [-0.2, 0) is 16.0 Å². The second-order valence-corrected chi connectivity index (χ2v) is 4.97. The third-order valence-electron chi connectivity index (χ3n) is 3.44. The van der Waals surface area contributed by atoms with Gasteiger partial charge < -0.3 is 20.7 Å². The van der Waals surface area contributed by atoms with Crippen LogP contribution in [0.3, 0.4) is 0 Å². The molecule has 1 heterocycles. The van der Waals surface area contributed by atoms with E-state index in [0.29, 0.717) is 0 Å². The largest absolute Gasteiger partial charge is 0.378 e. The number of hydrogen-bond donors (Lipinski definition) is 2. The van der Waals surface area contributed by atoms with Crippen LogP contribution in [0.2, 0.25) is 0 Å². The Morgan fingerprint density at radius 3 is 2.80 bits per heavy atom. The number of nitrogens with zero attached hydrogens (tertiary/aromatic N) is 1. The van der Waals surface area contributed by atoms with E-state index in [1.807, 2.05) is 0 Å². The number of carbonyl (C=O) groups excluding carboxylic acids is 1. The number of anilines is 1. The number of aryl methyl sites for hydroxylation is 1. The molecule has 0 atom stereocenters. The molecule has 0 aliphatic carbocycles. The summed E-state index contributed by atoms with van der Waals surface area (Å²) in [5.41, 5.74) is 7.76. The second kappa shape index (κ2) is 7.87. The number of primary amides is 1. The lowest BCUT2D eigenvalue weighted by molar-refractivity contribution is -0.117. The molecule has 0 spiro atoms. The summed E-state index contributed by atoms with van der Waals surface area (Å²) in [4.78, 5) is 13.0. The first-order valence-corrected chi connectivity index (χ1v) is 7.17. The Labute approximate surface area is 120 Å². The summed E-state index contributed by atoms with van der Waals surface area (Å²) < 4.78 is 5.40. The van der Waals surface area contributed by atoms with Crippen LogP contribution in [0.1, 0.15) is 12.0 Å². The van der Waals surface area contributed by atoms with Gasteiger partial charge in [0.05, 0.1) is 19.8 Å². The summed E-state index contributed by atoms with van der Waals surface area (Å²) >= 11 is 0. The van der Waals surface area contributed by atoms with Crippen molar-refractivity contribution in [3.05, 3.63) is 29.8 Å². The van der Waals surface area contributed by atoms with Gasteiger partial charge in [-0.2, -0.15) is 0 Å². The molecule has 110 valence electrons. The maximum atomic E-state index is 10.6. The molecule has 1 aliphatic rings. The predicted octanol–water partition coefficient (Wildman–Crippen LogP) is 0.531. The van der Waals surface area contributed by atoms with Gasteiger partial charge in [0.1, 0.15) is 0 Å². The van der Waals surface area contributed by atoms with Crippen LogP contribution in [0.4, 0.5) is 5.69 Å². The van der Waals surface area contributed by atoms with Crippen LogP contribution >= 0.6 is 0 Å². The number of benzene rings is 1. The van der Waals surface area contributed by atoms with Crippen LogP contribution in [0.5, 0.6) is 0 Å². The van der Waals surface area contributed by atoms with E-state index >= 15 is 0 Å². The molecule has 1 aromatic rings. The minimum absolute atomic E-state index is 0.255.